The molecule has 0 aliphatic rings. The Kier molecular flexibility index (Phi) is 4.34. The molecule has 0 atom stereocenters. The lowest BCUT2D eigenvalue weighted by molar-refractivity contribution is 0.590. The van der Waals surface area contributed by atoms with Crippen molar-refractivity contribution >= 4 is 46.2 Å². The van der Waals surface area contributed by atoms with E-state index in [1.165, 1.54) is 12.1 Å². The maximum atomic E-state index is 13.7. The van der Waals surface area contributed by atoms with Gasteiger partial charge in [-0.2, -0.15) is 5.26 Å². The Morgan fingerprint density at radius 1 is 0.900 bits per heavy atom. The van der Waals surface area contributed by atoms with E-state index in [1.807, 2.05) is 0 Å². The van der Waals surface area contributed by atoms with Gasteiger partial charge in [-0.1, -0.05) is 34.8 Å². The van der Waals surface area contributed by atoms with E-state index in [9.17, 15) is 8.78 Å². The minimum Gasteiger partial charge on any atom is -0.349 e. The summed E-state index contributed by atoms with van der Waals surface area (Å²) in [4.78, 5) is 0. The van der Waals surface area contributed by atoms with Gasteiger partial charge in [-0.15, -0.1) is 0 Å². The molecule has 0 fully saturated rings. The van der Waals surface area contributed by atoms with Gasteiger partial charge in [0.25, 0.3) is 0 Å². The maximum absolute atomic E-state index is 13.7. The first-order valence-electron chi connectivity index (χ1n) is 5.23. The summed E-state index contributed by atoms with van der Waals surface area (Å²) in [5, 5.41) is 11.7. The Morgan fingerprint density at radius 2 is 1.45 bits per heavy atom. The van der Waals surface area contributed by atoms with Crippen LogP contribution >= 0.6 is 34.8 Å². The second-order valence-corrected chi connectivity index (χ2v) is 5.02. The van der Waals surface area contributed by atoms with Gasteiger partial charge in [-0.3, -0.25) is 0 Å². The van der Waals surface area contributed by atoms with E-state index in [0.29, 0.717) is 0 Å². The Hall–Kier alpha value is -1.54. The van der Waals surface area contributed by atoms with Crippen molar-refractivity contribution in [2.75, 3.05) is 5.32 Å². The number of halogens is 5. The van der Waals surface area contributed by atoms with Crippen LogP contribution in [0.1, 0.15) is 5.56 Å². The van der Waals surface area contributed by atoms with Gasteiger partial charge in [-0.25, -0.2) is 8.78 Å². The number of nitrogens with zero attached hydrogens (tertiary/aromatic N) is 1. The SMILES string of the molecule is N#Cc1cc(F)c(Nc2cc(Cl)c(Cl)cc2Cl)c(F)c1. The van der Waals surface area contributed by atoms with E-state index in [0.717, 1.165) is 12.1 Å². The summed E-state index contributed by atoms with van der Waals surface area (Å²) < 4.78 is 27.5. The lowest BCUT2D eigenvalue weighted by atomic mass is 10.2. The van der Waals surface area contributed by atoms with E-state index in [1.54, 1.807) is 6.07 Å². The number of nitriles is 1. The molecule has 102 valence electrons. The molecular weight excluding hydrogens is 329 g/mol. The first-order chi connectivity index (χ1) is 9.42. The number of benzene rings is 2. The Morgan fingerprint density at radius 3 is 2.00 bits per heavy atom. The predicted molar refractivity (Wildman–Crippen MR) is 75.8 cm³/mol. The third kappa shape index (κ3) is 2.96. The van der Waals surface area contributed by atoms with Crippen molar-refractivity contribution in [2.45, 2.75) is 0 Å². The van der Waals surface area contributed by atoms with Crippen LogP contribution in [-0.4, -0.2) is 0 Å². The van der Waals surface area contributed by atoms with Crippen molar-refractivity contribution in [2.24, 2.45) is 0 Å². The van der Waals surface area contributed by atoms with Gasteiger partial charge < -0.3 is 5.32 Å². The number of hydrogen-bond donors (Lipinski definition) is 1. The molecule has 0 saturated carbocycles. The van der Waals surface area contributed by atoms with Crippen molar-refractivity contribution in [1.82, 2.24) is 0 Å². The molecule has 2 aromatic rings. The van der Waals surface area contributed by atoms with E-state index in [4.69, 9.17) is 40.1 Å². The van der Waals surface area contributed by atoms with Crippen LogP contribution < -0.4 is 5.32 Å². The minimum atomic E-state index is -0.913. The maximum Gasteiger partial charge on any atom is 0.150 e. The highest BCUT2D eigenvalue weighted by atomic mass is 35.5. The summed E-state index contributed by atoms with van der Waals surface area (Å²) in [6, 6.07) is 6.19. The van der Waals surface area contributed by atoms with Crippen LogP contribution in [0.2, 0.25) is 15.1 Å². The molecule has 0 spiro atoms. The molecule has 2 aromatic carbocycles. The van der Waals surface area contributed by atoms with Crippen LogP contribution in [0.4, 0.5) is 20.2 Å². The molecule has 7 heteroatoms. The fourth-order valence-electron chi connectivity index (χ4n) is 1.51. The van der Waals surface area contributed by atoms with Crippen LogP contribution in [-0.2, 0) is 0 Å². The molecule has 2 rings (SSSR count). The number of nitrogens with one attached hydrogen (secondary N) is 1. The van der Waals surface area contributed by atoms with Gasteiger partial charge in [0.05, 0.1) is 32.4 Å². The van der Waals surface area contributed by atoms with E-state index >= 15 is 0 Å². The monoisotopic (exact) mass is 332 g/mol. The Balaban J connectivity index is 2.46. The highest BCUT2D eigenvalue weighted by Gasteiger charge is 2.14. The standard InChI is InChI=1S/C13H5Cl3F2N2/c14-7-3-9(16)12(4-8(7)15)20-13-10(17)1-6(5-19)2-11(13)18/h1-4,20H. The molecule has 0 aliphatic heterocycles. The minimum absolute atomic E-state index is 0.120. The van der Waals surface area contributed by atoms with E-state index < -0.39 is 17.3 Å². The molecule has 0 heterocycles. The molecular formula is C13H5Cl3F2N2. The van der Waals surface area contributed by atoms with E-state index in [2.05, 4.69) is 5.32 Å². The van der Waals surface area contributed by atoms with Crippen LogP contribution in [0.25, 0.3) is 0 Å². The van der Waals surface area contributed by atoms with E-state index in [-0.39, 0.29) is 26.3 Å². The molecule has 2 nitrogen and oxygen atoms in total. The second kappa shape index (κ2) is 5.84. The van der Waals surface area contributed by atoms with Gasteiger partial charge in [0.1, 0.15) is 5.69 Å². The highest BCUT2D eigenvalue weighted by Crippen LogP contribution is 2.35. The highest BCUT2D eigenvalue weighted by molar-refractivity contribution is 6.44. The second-order valence-electron chi connectivity index (χ2n) is 3.80. The summed E-state index contributed by atoms with van der Waals surface area (Å²) in [6.45, 7) is 0. The van der Waals surface area contributed by atoms with Crippen molar-refractivity contribution < 1.29 is 8.78 Å². The molecule has 0 aliphatic carbocycles. The zero-order chi connectivity index (χ0) is 14.9. The zero-order valence-corrected chi connectivity index (χ0v) is 11.9. The lowest BCUT2D eigenvalue weighted by Crippen LogP contribution is -1.99. The molecule has 0 bridgehead atoms. The fraction of sp³-hybridized carbons (Fsp3) is 0. The van der Waals surface area contributed by atoms with Crippen LogP contribution in [0, 0.1) is 23.0 Å². The Bertz CT molecular complexity index is 703. The average Bonchev–Trinajstić information content (AvgIpc) is 2.39. The van der Waals surface area contributed by atoms with Gasteiger partial charge >= 0.3 is 0 Å². The summed E-state index contributed by atoms with van der Waals surface area (Å²) in [6.07, 6.45) is 0. The van der Waals surface area contributed by atoms with Crippen molar-refractivity contribution in [3.05, 3.63) is 56.5 Å². The summed E-state index contributed by atoms with van der Waals surface area (Å²) >= 11 is 17.5. The van der Waals surface area contributed by atoms with Gasteiger partial charge in [0.2, 0.25) is 0 Å². The van der Waals surface area contributed by atoms with Crippen LogP contribution in [0.15, 0.2) is 24.3 Å². The average molecular weight is 334 g/mol. The molecule has 0 unspecified atom stereocenters. The normalized spacial score (nSPS) is 10.2. The van der Waals surface area contributed by atoms with Crippen molar-refractivity contribution in [1.29, 1.82) is 5.26 Å². The Labute approximate surface area is 128 Å². The molecule has 0 aromatic heterocycles. The first kappa shape index (κ1) is 14.9. The van der Waals surface area contributed by atoms with Crippen LogP contribution in [0.5, 0.6) is 0 Å². The quantitative estimate of drug-likeness (QED) is 0.732. The van der Waals surface area contributed by atoms with Crippen molar-refractivity contribution in [3.63, 3.8) is 0 Å². The van der Waals surface area contributed by atoms with Crippen molar-refractivity contribution in [3.8, 4) is 6.07 Å². The van der Waals surface area contributed by atoms with Gasteiger partial charge in [-0.05, 0) is 24.3 Å². The number of hydrogen-bond acceptors (Lipinski definition) is 2. The summed E-state index contributed by atoms with van der Waals surface area (Å²) in [5.41, 5.74) is -0.348. The topological polar surface area (TPSA) is 35.8 Å². The van der Waals surface area contributed by atoms with Crippen LogP contribution in [0.3, 0.4) is 0 Å². The van der Waals surface area contributed by atoms with Gasteiger partial charge in [0, 0.05) is 0 Å². The smallest absolute Gasteiger partial charge is 0.150 e. The largest absolute Gasteiger partial charge is 0.349 e. The molecule has 1 N–H and O–H groups in total. The third-order valence-corrected chi connectivity index (χ3v) is 3.48. The summed E-state index contributed by atoms with van der Waals surface area (Å²) in [7, 11) is 0. The first-order valence-corrected chi connectivity index (χ1v) is 6.36. The fourth-order valence-corrected chi connectivity index (χ4v) is 2.10. The molecule has 0 radical (unpaired) electrons. The lowest BCUT2D eigenvalue weighted by Gasteiger charge is -2.11. The molecule has 0 saturated heterocycles. The molecule has 0 amide bonds. The number of anilines is 2. The summed E-state index contributed by atoms with van der Waals surface area (Å²) in [5.74, 6) is -1.83. The van der Waals surface area contributed by atoms with Gasteiger partial charge in [0.15, 0.2) is 11.6 Å². The third-order valence-electron chi connectivity index (χ3n) is 2.44. The predicted octanol–water partition coefficient (Wildman–Crippen LogP) is 5.54. The molecule has 20 heavy (non-hydrogen) atoms. The number of rotatable bonds is 2. The zero-order valence-electron chi connectivity index (χ0n) is 9.65.